The van der Waals surface area contributed by atoms with Crippen LogP contribution >= 0.6 is 0 Å². The van der Waals surface area contributed by atoms with Gasteiger partial charge in [-0.05, 0) is 62.4 Å². The fourth-order valence-electron chi connectivity index (χ4n) is 1.51. The maximum atomic E-state index is 13.3. The highest BCUT2D eigenvalue weighted by Crippen LogP contribution is 2.16. The highest BCUT2D eigenvalue weighted by molar-refractivity contribution is 5.31. The predicted molar refractivity (Wildman–Crippen MR) is 57.9 cm³/mol. The summed E-state index contributed by atoms with van der Waals surface area (Å²) in [6.07, 6.45) is 2.97. The van der Waals surface area contributed by atoms with Crippen LogP contribution in [0.5, 0.6) is 0 Å². The molecule has 0 atom stereocenters. The molecule has 0 heterocycles. The van der Waals surface area contributed by atoms with E-state index in [1.807, 2.05) is 13.8 Å². The van der Waals surface area contributed by atoms with Gasteiger partial charge in [-0.25, -0.2) is 4.39 Å². The molecule has 0 saturated heterocycles. The van der Waals surface area contributed by atoms with E-state index in [4.69, 9.17) is 5.73 Å². The van der Waals surface area contributed by atoms with Gasteiger partial charge in [-0.2, -0.15) is 0 Å². The Morgan fingerprint density at radius 2 is 1.93 bits per heavy atom. The maximum Gasteiger partial charge on any atom is 0.126 e. The summed E-state index contributed by atoms with van der Waals surface area (Å²) in [6.45, 7) is 4.48. The summed E-state index contributed by atoms with van der Waals surface area (Å²) in [7, 11) is 0. The third-order valence-corrected chi connectivity index (χ3v) is 2.58. The van der Waals surface area contributed by atoms with Crippen LogP contribution in [0.15, 0.2) is 12.1 Å². The minimum atomic E-state index is -0.0900. The Balaban J connectivity index is 2.69. The number of nitrogens with two attached hydrogens (primary N) is 1. The van der Waals surface area contributed by atoms with Crippen LogP contribution in [-0.4, -0.2) is 6.54 Å². The minimum Gasteiger partial charge on any atom is -0.330 e. The van der Waals surface area contributed by atoms with Crippen LogP contribution in [0.1, 0.15) is 29.5 Å². The van der Waals surface area contributed by atoms with E-state index < -0.39 is 0 Å². The first-order chi connectivity index (χ1) is 6.65. The molecule has 0 bridgehead atoms. The second kappa shape index (κ2) is 5.11. The van der Waals surface area contributed by atoms with Gasteiger partial charge >= 0.3 is 0 Å². The van der Waals surface area contributed by atoms with Gasteiger partial charge in [-0.15, -0.1) is 0 Å². The van der Waals surface area contributed by atoms with Crippen molar-refractivity contribution >= 4 is 0 Å². The number of unbranched alkanes of at least 4 members (excludes halogenated alkanes) is 1. The zero-order chi connectivity index (χ0) is 10.6. The van der Waals surface area contributed by atoms with Crippen molar-refractivity contribution in [3.63, 3.8) is 0 Å². The third kappa shape index (κ3) is 2.81. The molecule has 0 aromatic heterocycles. The van der Waals surface area contributed by atoms with E-state index in [1.165, 1.54) is 0 Å². The topological polar surface area (TPSA) is 26.0 Å². The van der Waals surface area contributed by atoms with Crippen LogP contribution in [0, 0.1) is 19.7 Å². The van der Waals surface area contributed by atoms with Gasteiger partial charge in [0.15, 0.2) is 0 Å². The first-order valence-corrected chi connectivity index (χ1v) is 5.11. The fraction of sp³-hybridized carbons (Fsp3) is 0.500. The molecule has 0 aliphatic carbocycles. The molecule has 0 fully saturated rings. The Labute approximate surface area is 85.1 Å². The molecule has 0 aliphatic heterocycles. The van der Waals surface area contributed by atoms with Crippen LogP contribution in [-0.2, 0) is 6.42 Å². The fourth-order valence-corrected chi connectivity index (χ4v) is 1.51. The number of halogens is 1. The largest absolute Gasteiger partial charge is 0.330 e. The molecule has 1 aromatic rings. The summed E-state index contributed by atoms with van der Waals surface area (Å²) < 4.78 is 13.3. The zero-order valence-electron chi connectivity index (χ0n) is 8.94. The molecular weight excluding hydrogens is 177 g/mol. The lowest BCUT2D eigenvalue weighted by Crippen LogP contribution is -1.99. The lowest BCUT2D eigenvalue weighted by Gasteiger charge is -2.06. The van der Waals surface area contributed by atoms with E-state index in [1.54, 1.807) is 6.07 Å². The molecule has 0 amide bonds. The molecule has 78 valence electrons. The lowest BCUT2D eigenvalue weighted by atomic mass is 10.0. The Kier molecular flexibility index (Phi) is 4.08. The number of benzene rings is 1. The first-order valence-electron chi connectivity index (χ1n) is 5.11. The normalized spacial score (nSPS) is 10.6. The van der Waals surface area contributed by atoms with Crippen LogP contribution in [0.3, 0.4) is 0 Å². The zero-order valence-corrected chi connectivity index (χ0v) is 8.94. The number of hydrogen-bond donors (Lipinski definition) is 1. The Hall–Kier alpha value is -0.890. The quantitative estimate of drug-likeness (QED) is 0.734. The second-order valence-corrected chi connectivity index (χ2v) is 3.77. The Bertz CT molecular complexity index is 284. The maximum absolute atomic E-state index is 13.3. The Morgan fingerprint density at radius 1 is 1.21 bits per heavy atom. The van der Waals surface area contributed by atoms with Crippen molar-refractivity contribution in [2.75, 3.05) is 6.54 Å². The van der Waals surface area contributed by atoms with Crippen molar-refractivity contribution in [2.45, 2.75) is 33.1 Å². The predicted octanol–water partition coefficient (Wildman–Crippen LogP) is 2.72. The standard InChI is InChI=1S/C12H18FN/c1-9-7-11(5-3-4-6-14)8-12(13)10(9)2/h7-8H,3-6,14H2,1-2H3. The van der Waals surface area contributed by atoms with Crippen LogP contribution in [0.4, 0.5) is 4.39 Å². The molecule has 0 unspecified atom stereocenters. The minimum absolute atomic E-state index is 0.0900. The van der Waals surface area contributed by atoms with Crippen LogP contribution < -0.4 is 5.73 Å². The van der Waals surface area contributed by atoms with Crippen molar-refractivity contribution in [1.29, 1.82) is 0 Å². The smallest absolute Gasteiger partial charge is 0.126 e. The molecule has 1 nitrogen and oxygen atoms in total. The monoisotopic (exact) mass is 195 g/mol. The SMILES string of the molecule is Cc1cc(CCCCN)cc(F)c1C. The lowest BCUT2D eigenvalue weighted by molar-refractivity contribution is 0.612. The molecule has 0 saturated carbocycles. The van der Waals surface area contributed by atoms with Crippen molar-refractivity contribution in [2.24, 2.45) is 5.73 Å². The van der Waals surface area contributed by atoms with Crippen LogP contribution in [0.2, 0.25) is 0 Å². The van der Waals surface area contributed by atoms with E-state index in [0.29, 0.717) is 6.54 Å². The van der Waals surface area contributed by atoms with Crippen molar-refractivity contribution in [1.82, 2.24) is 0 Å². The van der Waals surface area contributed by atoms with Crippen LogP contribution in [0.25, 0.3) is 0 Å². The summed E-state index contributed by atoms with van der Waals surface area (Å²) in [4.78, 5) is 0. The number of aryl methyl sites for hydroxylation is 2. The summed E-state index contributed by atoms with van der Waals surface area (Å²) in [5.74, 6) is -0.0900. The van der Waals surface area contributed by atoms with Gasteiger partial charge in [0.25, 0.3) is 0 Å². The highest BCUT2D eigenvalue weighted by atomic mass is 19.1. The van der Waals surface area contributed by atoms with Gasteiger partial charge in [0.2, 0.25) is 0 Å². The molecule has 0 spiro atoms. The van der Waals surface area contributed by atoms with Crippen molar-refractivity contribution < 1.29 is 4.39 Å². The van der Waals surface area contributed by atoms with E-state index in [9.17, 15) is 4.39 Å². The summed E-state index contributed by atoms with van der Waals surface area (Å²) in [6, 6.07) is 3.70. The van der Waals surface area contributed by atoms with E-state index in [0.717, 1.165) is 36.0 Å². The molecule has 0 aliphatic rings. The molecule has 2 heteroatoms. The molecule has 1 aromatic carbocycles. The molecule has 14 heavy (non-hydrogen) atoms. The average Bonchev–Trinajstić information content (AvgIpc) is 2.14. The van der Waals surface area contributed by atoms with Gasteiger partial charge in [-0.1, -0.05) is 6.07 Å². The Morgan fingerprint density at radius 3 is 2.50 bits per heavy atom. The molecular formula is C12H18FN. The summed E-state index contributed by atoms with van der Waals surface area (Å²) in [5, 5.41) is 0. The molecule has 2 N–H and O–H groups in total. The second-order valence-electron chi connectivity index (χ2n) is 3.77. The van der Waals surface area contributed by atoms with Gasteiger partial charge in [0.05, 0.1) is 0 Å². The van der Waals surface area contributed by atoms with E-state index in [2.05, 4.69) is 6.07 Å². The first kappa shape index (κ1) is 11.2. The molecule has 0 radical (unpaired) electrons. The van der Waals surface area contributed by atoms with E-state index in [-0.39, 0.29) is 5.82 Å². The average molecular weight is 195 g/mol. The summed E-state index contributed by atoms with van der Waals surface area (Å²) >= 11 is 0. The molecule has 1 rings (SSSR count). The third-order valence-electron chi connectivity index (χ3n) is 2.58. The van der Waals surface area contributed by atoms with Crippen molar-refractivity contribution in [3.05, 3.63) is 34.6 Å². The number of hydrogen-bond acceptors (Lipinski definition) is 1. The number of rotatable bonds is 4. The highest BCUT2D eigenvalue weighted by Gasteiger charge is 2.03. The van der Waals surface area contributed by atoms with Crippen molar-refractivity contribution in [3.8, 4) is 0 Å². The van der Waals surface area contributed by atoms with Gasteiger partial charge in [0.1, 0.15) is 5.82 Å². The summed E-state index contributed by atoms with van der Waals surface area (Å²) in [5.41, 5.74) is 8.28. The van der Waals surface area contributed by atoms with Gasteiger partial charge in [-0.3, -0.25) is 0 Å². The van der Waals surface area contributed by atoms with Gasteiger partial charge in [0, 0.05) is 0 Å². The van der Waals surface area contributed by atoms with E-state index >= 15 is 0 Å². The van der Waals surface area contributed by atoms with Gasteiger partial charge < -0.3 is 5.73 Å².